The van der Waals surface area contributed by atoms with Gasteiger partial charge in [-0.15, -0.1) is 0 Å². The Balaban J connectivity index is 1.92. The Hall–Kier alpha value is -2.50. The van der Waals surface area contributed by atoms with Gasteiger partial charge in [-0.25, -0.2) is 9.97 Å². The number of aromatic nitrogens is 5. The molecular formula is C13H14N6. The van der Waals surface area contributed by atoms with Crippen molar-refractivity contribution >= 4 is 16.9 Å². The topological polar surface area (TPSA) is 68.5 Å². The van der Waals surface area contributed by atoms with Crippen LogP contribution < -0.4 is 5.32 Å². The van der Waals surface area contributed by atoms with E-state index >= 15 is 0 Å². The molecule has 0 saturated heterocycles. The highest BCUT2D eigenvalue weighted by molar-refractivity contribution is 5.86. The third-order valence-corrected chi connectivity index (χ3v) is 2.91. The molecule has 3 aromatic rings. The van der Waals surface area contributed by atoms with Crippen LogP contribution in [0, 0.1) is 6.92 Å². The molecule has 0 unspecified atom stereocenters. The fourth-order valence-corrected chi connectivity index (χ4v) is 1.95. The quantitative estimate of drug-likeness (QED) is 0.770. The van der Waals surface area contributed by atoms with Gasteiger partial charge in [0.15, 0.2) is 5.65 Å². The Morgan fingerprint density at radius 3 is 2.79 bits per heavy atom. The maximum absolute atomic E-state index is 4.44. The standard InChI is InChI=1S/C13H14N6/c1-9-17-12(11-8-16-19(2)13(11)18-9)15-7-10-3-5-14-6-4-10/h3-6,8H,7H2,1-2H3,(H,15,17,18). The number of rotatable bonds is 3. The lowest BCUT2D eigenvalue weighted by atomic mass is 10.2. The van der Waals surface area contributed by atoms with Crippen LogP contribution in [0.15, 0.2) is 30.7 Å². The predicted octanol–water partition coefficient (Wildman–Crippen LogP) is 1.68. The fourth-order valence-electron chi connectivity index (χ4n) is 1.95. The summed E-state index contributed by atoms with van der Waals surface area (Å²) >= 11 is 0. The van der Waals surface area contributed by atoms with Gasteiger partial charge in [0.2, 0.25) is 0 Å². The number of nitrogens with zero attached hydrogens (tertiary/aromatic N) is 5. The molecule has 0 aliphatic rings. The van der Waals surface area contributed by atoms with Crippen LogP contribution in [-0.4, -0.2) is 24.7 Å². The molecule has 0 fully saturated rings. The molecule has 0 spiro atoms. The molecule has 6 nitrogen and oxygen atoms in total. The van der Waals surface area contributed by atoms with Gasteiger partial charge >= 0.3 is 0 Å². The largest absolute Gasteiger partial charge is 0.365 e. The summed E-state index contributed by atoms with van der Waals surface area (Å²) < 4.78 is 1.75. The zero-order chi connectivity index (χ0) is 13.2. The molecule has 3 aromatic heterocycles. The number of aryl methyl sites for hydroxylation is 2. The Morgan fingerprint density at radius 2 is 2.00 bits per heavy atom. The summed E-state index contributed by atoms with van der Waals surface area (Å²) in [6, 6.07) is 3.95. The Labute approximate surface area is 110 Å². The molecule has 19 heavy (non-hydrogen) atoms. The fraction of sp³-hybridized carbons (Fsp3) is 0.231. The van der Waals surface area contributed by atoms with Crippen molar-refractivity contribution in [1.29, 1.82) is 0 Å². The van der Waals surface area contributed by atoms with E-state index < -0.39 is 0 Å². The zero-order valence-electron chi connectivity index (χ0n) is 10.8. The van der Waals surface area contributed by atoms with Gasteiger partial charge in [-0.1, -0.05) is 0 Å². The molecule has 0 saturated carbocycles. The molecule has 3 heterocycles. The van der Waals surface area contributed by atoms with Gasteiger partial charge in [-0.2, -0.15) is 5.10 Å². The second-order valence-corrected chi connectivity index (χ2v) is 4.33. The molecule has 0 atom stereocenters. The van der Waals surface area contributed by atoms with Crippen molar-refractivity contribution in [3.05, 3.63) is 42.1 Å². The lowest BCUT2D eigenvalue weighted by Gasteiger charge is -2.07. The molecule has 3 rings (SSSR count). The van der Waals surface area contributed by atoms with E-state index in [1.807, 2.05) is 26.1 Å². The molecule has 0 bridgehead atoms. The van der Waals surface area contributed by atoms with Crippen LogP contribution in [-0.2, 0) is 13.6 Å². The number of anilines is 1. The van der Waals surface area contributed by atoms with E-state index in [4.69, 9.17) is 0 Å². The van der Waals surface area contributed by atoms with E-state index in [1.54, 1.807) is 23.3 Å². The van der Waals surface area contributed by atoms with Gasteiger partial charge in [-0.05, 0) is 24.6 Å². The van der Waals surface area contributed by atoms with Crippen LogP contribution in [0.2, 0.25) is 0 Å². The Kier molecular flexibility index (Phi) is 2.83. The molecule has 6 heteroatoms. The average molecular weight is 254 g/mol. The lowest BCUT2D eigenvalue weighted by molar-refractivity contribution is 0.783. The van der Waals surface area contributed by atoms with Crippen molar-refractivity contribution in [3.63, 3.8) is 0 Å². The lowest BCUT2D eigenvalue weighted by Crippen LogP contribution is -2.04. The van der Waals surface area contributed by atoms with Crippen LogP contribution in [0.1, 0.15) is 11.4 Å². The maximum Gasteiger partial charge on any atom is 0.163 e. The minimum atomic E-state index is 0.697. The molecule has 0 radical (unpaired) electrons. The maximum atomic E-state index is 4.44. The highest BCUT2D eigenvalue weighted by Gasteiger charge is 2.09. The van der Waals surface area contributed by atoms with Crippen LogP contribution >= 0.6 is 0 Å². The smallest absolute Gasteiger partial charge is 0.163 e. The molecular weight excluding hydrogens is 240 g/mol. The van der Waals surface area contributed by atoms with E-state index in [1.165, 1.54) is 0 Å². The third kappa shape index (κ3) is 2.24. The van der Waals surface area contributed by atoms with Crippen LogP contribution in [0.4, 0.5) is 5.82 Å². The van der Waals surface area contributed by atoms with E-state index in [-0.39, 0.29) is 0 Å². The van der Waals surface area contributed by atoms with Crippen LogP contribution in [0.25, 0.3) is 11.0 Å². The number of hydrogen-bond donors (Lipinski definition) is 1. The van der Waals surface area contributed by atoms with Crippen molar-refractivity contribution in [2.75, 3.05) is 5.32 Å². The van der Waals surface area contributed by atoms with Gasteiger partial charge in [0.1, 0.15) is 11.6 Å². The van der Waals surface area contributed by atoms with Crippen molar-refractivity contribution in [2.45, 2.75) is 13.5 Å². The van der Waals surface area contributed by atoms with E-state index in [0.717, 1.165) is 28.2 Å². The van der Waals surface area contributed by atoms with Gasteiger partial charge in [0, 0.05) is 26.0 Å². The summed E-state index contributed by atoms with van der Waals surface area (Å²) in [5.41, 5.74) is 1.99. The van der Waals surface area contributed by atoms with Crippen LogP contribution in [0.5, 0.6) is 0 Å². The number of hydrogen-bond acceptors (Lipinski definition) is 5. The Bertz CT molecular complexity index is 704. The minimum Gasteiger partial charge on any atom is -0.365 e. The monoisotopic (exact) mass is 254 g/mol. The number of nitrogens with one attached hydrogen (secondary N) is 1. The number of fused-ring (bicyclic) bond motifs is 1. The number of pyridine rings is 1. The molecule has 0 amide bonds. The van der Waals surface area contributed by atoms with Gasteiger partial charge < -0.3 is 5.32 Å². The summed E-state index contributed by atoms with van der Waals surface area (Å²) in [7, 11) is 1.88. The second kappa shape index (κ2) is 4.64. The van der Waals surface area contributed by atoms with Crippen molar-refractivity contribution in [1.82, 2.24) is 24.7 Å². The van der Waals surface area contributed by atoms with Gasteiger partial charge in [-0.3, -0.25) is 9.67 Å². The minimum absolute atomic E-state index is 0.697. The first-order valence-electron chi connectivity index (χ1n) is 6.03. The molecule has 0 aliphatic heterocycles. The molecule has 0 aliphatic carbocycles. The molecule has 96 valence electrons. The summed E-state index contributed by atoms with van der Waals surface area (Å²) in [6.07, 6.45) is 5.34. The summed E-state index contributed by atoms with van der Waals surface area (Å²) in [5.74, 6) is 1.54. The van der Waals surface area contributed by atoms with Gasteiger partial charge in [0.25, 0.3) is 0 Å². The Morgan fingerprint density at radius 1 is 1.21 bits per heavy atom. The highest BCUT2D eigenvalue weighted by atomic mass is 15.3. The first-order chi connectivity index (χ1) is 9.24. The summed E-state index contributed by atoms with van der Waals surface area (Å²) in [6.45, 7) is 2.58. The van der Waals surface area contributed by atoms with Crippen molar-refractivity contribution < 1.29 is 0 Å². The average Bonchev–Trinajstić information content (AvgIpc) is 2.79. The first kappa shape index (κ1) is 11.6. The van der Waals surface area contributed by atoms with E-state index in [0.29, 0.717) is 6.54 Å². The zero-order valence-corrected chi connectivity index (χ0v) is 10.8. The van der Waals surface area contributed by atoms with Gasteiger partial charge in [0.05, 0.1) is 11.6 Å². The summed E-state index contributed by atoms with van der Waals surface area (Å²) in [4.78, 5) is 12.8. The second-order valence-electron chi connectivity index (χ2n) is 4.33. The normalized spacial score (nSPS) is 10.8. The highest BCUT2D eigenvalue weighted by Crippen LogP contribution is 2.19. The van der Waals surface area contributed by atoms with E-state index in [2.05, 4.69) is 25.4 Å². The first-order valence-corrected chi connectivity index (χ1v) is 6.03. The SMILES string of the molecule is Cc1nc(NCc2ccncc2)c2cnn(C)c2n1. The van der Waals surface area contributed by atoms with Crippen LogP contribution in [0.3, 0.4) is 0 Å². The van der Waals surface area contributed by atoms with Crippen molar-refractivity contribution in [2.24, 2.45) is 7.05 Å². The predicted molar refractivity (Wildman–Crippen MR) is 72.6 cm³/mol. The molecule has 1 N–H and O–H groups in total. The van der Waals surface area contributed by atoms with Crippen molar-refractivity contribution in [3.8, 4) is 0 Å². The van der Waals surface area contributed by atoms with E-state index in [9.17, 15) is 0 Å². The molecule has 0 aromatic carbocycles. The third-order valence-electron chi connectivity index (χ3n) is 2.91. The summed E-state index contributed by atoms with van der Waals surface area (Å²) in [5, 5.41) is 8.48.